The number of allylic oxidation sites excluding steroid dienone is 3. The highest BCUT2D eigenvalue weighted by Crippen LogP contribution is 2.31. The number of aromatic nitrogens is 3. The van der Waals surface area contributed by atoms with Crippen LogP contribution in [0.15, 0.2) is 51.5 Å². The van der Waals surface area contributed by atoms with E-state index < -0.39 is 0 Å². The maximum Gasteiger partial charge on any atom is 0.151 e. The molecule has 1 aromatic carbocycles. The second-order valence-corrected chi connectivity index (χ2v) is 7.26. The molecule has 0 atom stereocenters. The minimum atomic E-state index is 0.514. The van der Waals surface area contributed by atoms with Crippen molar-refractivity contribution in [2.24, 2.45) is 9.98 Å². The second kappa shape index (κ2) is 5.76. The van der Waals surface area contributed by atoms with Crippen molar-refractivity contribution in [1.82, 2.24) is 15.0 Å². The van der Waals surface area contributed by atoms with Gasteiger partial charge in [0.05, 0.1) is 23.8 Å². The third-order valence-corrected chi connectivity index (χ3v) is 5.42. The molecule has 2 heterocycles. The highest BCUT2D eigenvalue weighted by Gasteiger charge is 2.21. The van der Waals surface area contributed by atoms with Crippen molar-refractivity contribution in [2.45, 2.75) is 45.1 Å². The molecule has 25 heavy (non-hydrogen) atoms. The molecule has 1 fully saturated rings. The summed E-state index contributed by atoms with van der Waals surface area (Å²) in [6, 6.07) is 6.91. The van der Waals surface area contributed by atoms with Crippen molar-refractivity contribution >= 4 is 22.6 Å². The quantitative estimate of drug-likeness (QED) is 0.853. The highest BCUT2D eigenvalue weighted by molar-refractivity contribution is 6.18. The topological polar surface area (TPSA) is 55.4 Å². The van der Waals surface area contributed by atoms with Crippen LogP contribution in [0, 0.1) is 0 Å². The molecule has 1 aromatic heterocycles. The molecule has 3 aliphatic rings. The van der Waals surface area contributed by atoms with E-state index in [4.69, 9.17) is 4.99 Å². The molecule has 5 rings (SSSR count). The van der Waals surface area contributed by atoms with Gasteiger partial charge < -0.3 is 0 Å². The van der Waals surface area contributed by atoms with E-state index >= 15 is 0 Å². The summed E-state index contributed by atoms with van der Waals surface area (Å²) in [4.78, 5) is 9.40. The zero-order chi connectivity index (χ0) is 16.8. The average molecular weight is 331 g/mol. The predicted octanol–water partition coefficient (Wildman–Crippen LogP) is 4.02. The van der Waals surface area contributed by atoms with Gasteiger partial charge in [0.15, 0.2) is 5.84 Å². The Kier molecular flexibility index (Phi) is 3.40. The molecule has 5 heteroatoms. The Morgan fingerprint density at radius 1 is 1.12 bits per heavy atom. The Balaban J connectivity index is 1.43. The lowest BCUT2D eigenvalue weighted by Gasteiger charge is -2.09. The van der Waals surface area contributed by atoms with Gasteiger partial charge in [0.1, 0.15) is 5.52 Å². The first-order chi connectivity index (χ1) is 12.3. The van der Waals surface area contributed by atoms with Gasteiger partial charge in [-0.05, 0) is 38.3 Å². The fraction of sp³-hybridized carbons (Fsp3) is 0.400. The maximum atomic E-state index is 4.78. The van der Waals surface area contributed by atoms with Crippen molar-refractivity contribution in [3.63, 3.8) is 0 Å². The molecule has 0 amide bonds. The van der Waals surface area contributed by atoms with E-state index in [2.05, 4.69) is 57.3 Å². The molecule has 5 nitrogen and oxygen atoms in total. The first-order valence-corrected chi connectivity index (χ1v) is 9.12. The van der Waals surface area contributed by atoms with E-state index in [1.165, 1.54) is 36.8 Å². The Labute approximate surface area is 146 Å². The number of nitrogens with zero attached hydrogens (tertiary/aromatic N) is 5. The summed E-state index contributed by atoms with van der Waals surface area (Å²) in [7, 11) is 0. The van der Waals surface area contributed by atoms with E-state index in [1.807, 2.05) is 0 Å². The van der Waals surface area contributed by atoms with Crippen LogP contribution in [-0.2, 0) is 0 Å². The summed E-state index contributed by atoms with van der Waals surface area (Å²) in [6.45, 7) is 2.79. The van der Waals surface area contributed by atoms with Gasteiger partial charge in [-0.1, -0.05) is 41.8 Å². The van der Waals surface area contributed by atoms with Crippen LogP contribution < -0.4 is 0 Å². The largest absolute Gasteiger partial charge is 0.260 e. The Bertz CT molecular complexity index is 967. The third kappa shape index (κ3) is 2.54. The van der Waals surface area contributed by atoms with E-state index in [1.54, 1.807) is 0 Å². The van der Waals surface area contributed by atoms with Crippen molar-refractivity contribution in [1.29, 1.82) is 0 Å². The van der Waals surface area contributed by atoms with Crippen LogP contribution in [-0.4, -0.2) is 33.1 Å². The maximum absolute atomic E-state index is 4.78. The Morgan fingerprint density at radius 2 is 2.00 bits per heavy atom. The summed E-state index contributed by atoms with van der Waals surface area (Å²) in [5, 5.41) is 8.82. The SMILES string of the molecule is CC1=CC=C(C2=NCC(c3ccc4c(c3)nnn4C3CCCC3)=N2)C1. The number of fused-ring (bicyclic) bond motifs is 1. The summed E-state index contributed by atoms with van der Waals surface area (Å²) in [5.41, 5.74) is 6.81. The molecule has 126 valence electrons. The number of amidine groups is 1. The molecular formula is C20H21N5. The fourth-order valence-electron chi connectivity index (χ4n) is 4.03. The molecule has 0 radical (unpaired) electrons. The van der Waals surface area contributed by atoms with Crippen molar-refractivity contribution in [2.75, 3.05) is 6.54 Å². The molecule has 1 aliphatic heterocycles. The van der Waals surface area contributed by atoms with Crippen LogP contribution in [0.1, 0.15) is 50.6 Å². The first-order valence-electron chi connectivity index (χ1n) is 9.12. The lowest BCUT2D eigenvalue weighted by Crippen LogP contribution is -2.06. The van der Waals surface area contributed by atoms with Gasteiger partial charge in [0.25, 0.3) is 0 Å². The number of benzene rings is 1. The molecule has 0 saturated heterocycles. The predicted molar refractivity (Wildman–Crippen MR) is 100 cm³/mol. The Hall–Kier alpha value is -2.56. The molecule has 0 N–H and O–H groups in total. The third-order valence-electron chi connectivity index (χ3n) is 5.42. The van der Waals surface area contributed by atoms with Gasteiger partial charge in [0, 0.05) is 11.1 Å². The normalized spacial score (nSPS) is 20.8. The lowest BCUT2D eigenvalue weighted by molar-refractivity contribution is 0.467. The summed E-state index contributed by atoms with van der Waals surface area (Å²) in [6.07, 6.45) is 10.3. The van der Waals surface area contributed by atoms with E-state index in [-0.39, 0.29) is 0 Å². The lowest BCUT2D eigenvalue weighted by atomic mass is 10.1. The average Bonchev–Trinajstić information content (AvgIpc) is 3.39. The van der Waals surface area contributed by atoms with Crippen LogP contribution in [0.4, 0.5) is 0 Å². The number of aliphatic imine (C=N–C) groups is 2. The fourth-order valence-corrected chi connectivity index (χ4v) is 4.03. The smallest absolute Gasteiger partial charge is 0.151 e. The molecule has 1 saturated carbocycles. The van der Waals surface area contributed by atoms with Crippen LogP contribution >= 0.6 is 0 Å². The zero-order valence-electron chi connectivity index (χ0n) is 14.4. The standard InChI is InChI=1S/C20H21N5/c1-13-6-7-15(10-13)20-21-12-18(22-20)14-8-9-19-17(11-14)23-24-25(19)16-4-2-3-5-16/h6-9,11,16H,2-5,10,12H2,1H3. The van der Waals surface area contributed by atoms with Crippen LogP contribution in [0.2, 0.25) is 0 Å². The minimum absolute atomic E-state index is 0.514. The number of hydrogen-bond acceptors (Lipinski definition) is 4. The first kappa shape index (κ1) is 14.8. The van der Waals surface area contributed by atoms with E-state index in [0.717, 1.165) is 34.6 Å². The van der Waals surface area contributed by atoms with Gasteiger partial charge in [0.2, 0.25) is 0 Å². The van der Waals surface area contributed by atoms with Crippen molar-refractivity contribution < 1.29 is 0 Å². The molecule has 2 aromatic rings. The van der Waals surface area contributed by atoms with Gasteiger partial charge >= 0.3 is 0 Å². The van der Waals surface area contributed by atoms with Gasteiger partial charge in [-0.25, -0.2) is 9.67 Å². The monoisotopic (exact) mass is 331 g/mol. The summed E-state index contributed by atoms with van der Waals surface area (Å²) < 4.78 is 2.11. The van der Waals surface area contributed by atoms with E-state index in [9.17, 15) is 0 Å². The molecule has 0 bridgehead atoms. The molecule has 0 spiro atoms. The second-order valence-electron chi connectivity index (χ2n) is 7.26. The number of rotatable bonds is 3. The van der Waals surface area contributed by atoms with Crippen LogP contribution in [0.3, 0.4) is 0 Å². The molecular weight excluding hydrogens is 310 g/mol. The van der Waals surface area contributed by atoms with Crippen LogP contribution in [0.25, 0.3) is 11.0 Å². The molecule has 0 unspecified atom stereocenters. The summed E-state index contributed by atoms with van der Waals surface area (Å²) >= 11 is 0. The van der Waals surface area contributed by atoms with E-state index in [0.29, 0.717) is 12.6 Å². The highest BCUT2D eigenvalue weighted by atomic mass is 15.4. The molecule has 2 aliphatic carbocycles. The van der Waals surface area contributed by atoms with Gasteiger partial charge in [-0.15, -0.1) is 5.10 Å². The van der Waals surface area contributed by atoms with Crippen LogP contribution in [0.5, 0.6) is 0 Å². The summed E-state index contributed by atoms with van der Waals surface area (Å²) in [5.74, 6) is 0.887. The van der Waals surface area contributed by atoms with Crippen molar-refractivity contribution in [3.05, 3.63) is 47.1 Å². The van der Waals surface area contributed by atoms with Gasteiger partial charge in [-0.3, -0.25) is 4.99 Å². The number of hydrogen-bond donors (Lipinski definition) is 0. The minimum Gasteiger partial charge on any atom is -0.260 e. The van der Waals surface area contributed by atoms with Crippen molar-refractivity contribution in [3.8, 4) is 0 Å². The Morgan fingerprint density at radius 3 is 2.80 bits per heavy atom. The van der Waals surface area contributed by atoms with Gasteiger partial charge in [-0.2, -0.15) is 0 Å². The zero-order valence-corrected chi connectivity index (χ0v) is 14.4.